The SMILES string of the molecule is CC1(C)SCCN(S(=O)(=O)c2ccc(-c3cccc(C=O)c3)cc2)[C@H]1C(=O)O. The lowest BCUT2D eigenvalue weighted by atomic mass is 10.0. The summed E-state index contributed by atoms with van der Waals surface area (Å²) in [6.45, 7) is 3.65. The first kappa shape index (κ1) is 20.6. The van der Waals surface area contributed by atoms with E-state index in [0.717, 1.165) is 21.7 Å². The minimum Gasteiger partial charge on any atom is -0.480 e. The van der Waals surface area contributed by atoms with Crippen molar-refractivity contribution in [3.8, 4) is 11.1 Å². The zero-order chi connectivity index (χ0) is 20.5. The van der Waals surface area contributed by atoms with Crippen LogP contribution in [0.4, 0.5) is 0 Å². The second kappa shape index (κ2) is 7.69. The van der Waals surface area contributed by atoms with E-state index in [1.165, 1.54) is 23.9 Å². The van der Waals surface area contributed by atoms with Gasteiger partial charge in [0.15, 0.2) is 0 Å². The molecule has 1 aliphatic rings. The lowest BCUT2D eigenvalue weighted by molar-refractivity contribution is -0.142. The standard InChI is InChI=1S/C20H21NO5S2/c1-20(2)18(19(23)24)21(10-11-27-20)28(25,26)17-8-6-15(7-9-17)16-5-3-4-14(12-16)13-22/h3-9,12-13,18H,10-11H2,1-2H3,(H,23,24)/t18-/m0/s1. The van der Waals surface area contributed by atoms with E-state index in [2.05, 4.69) is 0 Å². The monoisotopic (exact) mass is 419 g/mol. The van der Waals surface area contributed by atoms with Crippen LogP contribution < -0.4 is 0 Å². The number of benzene rings is 2. The average Bonchev–Trinajstić information content (AvgIpc) is 2.67. The molecule has 148 valence electrons. The van der Waals surface area contributed by atoms with Crippen LogP contribution in [-0.4, -0.2) is 53.2 Å². The molecule has 1 atom stereocenters. The van der Waals surface area contributed by atoms with Gasteiger partial charge >= 0.3 is 5.97 Å². The Morgan fingerprint density at radius 2 is 1.86 bits per heavy atom. The number of hydrogen-bond donors (Lipinski definition) is 1. The molecule has 0 saturated carbocycles. The molecule has 8 heteroatoms. The third-order valence-electron chi connectivity index (χ3n) is 4.78. The van der Waals surface area contributed by atoms with Gasteiger partial charge in [-0.3, -0.25) is 9.59 Å². The number of hydrogen-bond acceptors (Lipinski definition) is 5. The Balaban J connectivity index is 1.95. The number of carbonyl (C=O) groups excluding carboxylic acids is 1. The van der Waals surface area contributed by atoms with Crippen molar-refractivity contribution in [3.05, 3.63) is 54.1 Å². The van der Waals surface area contributed by atoms with Gasteiger partial charge < -0.3 is 5.11 Å². The topological polar surface area (TPSA) is 91.8 Å². The van der Waals surface area contributed by atoms with Gasteiger partial charge in [-0.1, -0.05) is 30.3 Å². The Hall–Kier alpha value is -2.16. The molecule has 0 unspecified atom stereocenters. The van der Waals surface area contributed by atoms with E-state index < -0.39 is 26.8 Å². The van der Waals surface area contributed by atoms with Crippen molar-refractivity contribution in [3.63, 3.8) is 0 Å². The molecule has 0 radical (unpaired) electrons. The normalized spacial score (nSPS) is 19.9. The minimum atomic E-state index is -3.96. The van der Waals surface area contributed by atoms with Crippen LogP contribution in [0.15, 0.2) is 53.4 Å². The molecule has 1 saturated heterocycles. The van der Waals surface area contributed by atoms with Gasteiger partial charge in [0.1, 0.15) is 12.3 Å². The summed E-state index contributed by atoms with van der Waals surface area (Å²) in [5, 5.41) is 9.65. The first-order valence-electron chi connectivity index (χ1n) is 8.71. The van der Waals surface area contributed by atoms with E-state index >= 15 is 0 Å². The summed E-state index contributed by atoms with van der Waals surface area (Å²) in [5.41, 5.74) is 2.10. The maximum atomic E-state index is 13.1. The van der Waals surface area contributed by atoms with Crippen molar-refractivity contribution in [1.29, 1.82) is 0 Å². The summed E-state index contributed by atoms with van der Waals surface area (Å²) < 4.78 is 26.7. The number of aliphatic carboxylic acids is 1. The number of aldehydes is 1. The van der Waals surface area contributed by atoms with Crippen LogP contribution in [0.5, 0.6) is 0 Å². The number of rotatable bonds is 5. The van der Waals surface area contributed by atoms with Crippen molar-refractivity contribution in [2.45, 2.75) is 29.5 Å². The molecular formula is C20H21NO5S2. The van der Waals surface area contributed by atoms with Gasteiger partial charge in [-0.15, -0.1) is 0 Å². The fraction of sp³-hybridized carbons (Fsp3) is 0.300. The molecule has 0 aliphatic carbocycles. The molecule has 1 N–H and O–H groups in total. The van der Waals surface area contributed by atoms with Gasteiger partial charge in [0, 0.05) is 22.6 Å². The number of sulfonamides is 1. The minimum absolute atomic E-state index is 0.0525. The molecule has 3 rings (SSSR count). The summed E-state index contributed by atoms with van der Waals surface area (Å²) in [4.78, 5) is 22.8. The third-order valence-corrected chi connectivity index (χ3v) is 8.02. The quantitative estimate of drug-likeness (QED) is 0.749. The fourth-order valence-electron chi connectivity index (χ4n) is 3.38. The molecule has 0 aromatic heterocycles. The number of carbonyl (C=O) groups is 2. The van der Waals surface area contributed by atoms with Crippen molar-refractivity contribution in [1.82, 2.24) is 4.31 Å². The molecule has 2 aromatic rings. The first-order chi connectivity index (χ1) is 13.2. The van der Waals surface area contributed by atoms with E-state index in [-0.39, 0.29) is 11.4 Å². The van der Waals surface area contributed by atoms with Crippen LogP contribution in [0.3, 0.4) is 0 Å². The zero-order valence-corrected chi connectivity index (χ0v) is 17.2. The molecular weight excluding hydrogens is 398 g/mol. The lowest BCUT2D eigenvalue weighted by Crippen LogP contribution is -2.58. The Morgan fingerprint density at radius 3 is 2.46 bits per heavy atom. The van der Waals surface area contributed by atoms with Gasteiger partial charge in [0.25, 0.3) is 0 Å². The Kier molecular flexibility index (Phi) is 5.65. The fourth-order valence-corrected chi connectivity index (χ4v) is 6.48. The predicted molar refractivity (Wildman–Crippen MR) is 109 cm³/mol. The smallest absolute Gasteiger partial charge is 0.323 e. The average molecular weight is 420 g/mol. The van der Waals surface area contributed by atoms with E-state index in [4.69, 9.17) is 0 Å². The van der Waals surface area contributed by atoms with Crippen LogP contribution in [0, 0.1) is 0 Å². The number of thioether (sulfide) groups is 1. The summed E-state index contributed by atoms with van der Waals surface area (Å²) >= 11 is 1.46. The second-order valence-electron chi connectivity index (χ2n) is 7.08. The molecule has 1 fully saturated rings. The highest BCUT2D eigenvalue weighted by Crippen LogP contribution is 2.38. The van der Waals surface area contributed by atoms with Crippen molar-refractivity contribution in [2.24, 2.45) is 0 Å². The summed E-state index contributed by atoms with van der Waals surface area (Å²) in [5.74, 6) is -0.616. The number of carboxylic acid groups (broad SMARTS) is 1. The predicted octanol–water partition coefficient (Wildman–Crippen LogP) is 3.14. The number of nitrogens with zero attached hydrogens (tertiary/aromatic N) is 1. The van der Waals surface area contributed by atoms with E-state index in [1.54, 1.807) is 44.2 Å². The first-order valence-corrected chi connectivity index (χ1v) is 11.1. The van der Waals surface area contributed by atoms with Gasteiger partial charge in [-0.25, -0.2) is 8.42 Å². The van der Waals surface area contributed by atoms with E-state index in [9.17, 15) is 23.1 Å². The van der Waals surface area contributed by atoms with Gasteiger partial charge in [-0.2, -0.15) is 16.1 Å². The molecule has 0 bridgehead atoms. The molecule has 1 heterocycles. The van der Waals surface area contributed by atoms with Crippen molar-refractivity contribution < 1.29 is 23.1 Å². The van der Waals surface area contributed by atoms with Crippen LogP contribution in [0.25, 0.3) is 11.1 Å². The summed E-state index contributed by atoms with van der Waals surface area (Å²) in [6, 6.07) is 12.2. The zero-order valence-electron chi connectivity index (χ0n) is 15.5. The van der Waals surface area contributed by atoms with Crippen molar-refractivity contribution in [2.75, 3.05) is 12.3 Å². The Morgan fingerprint density at radius 1 is 1.18 bits per heavy atom. The summed E-state index contributed by atoms with van der Waals surface area (Å²) in [6.07, 6.45) is 0.754. The van der Waals surface area contributed by atoms with Crippen molar-refractivity contribution >= 4 is 34.0 Å². The molecule has 6 nitrogen and oxygen atoms in total. The lowest BCUT2D eigenvalue weighted by Gasteiger charge is -2.42. The largest absolute Gasteiger partial charge is 0.480 e. The Labute approximate surface area is 168 Å². The number of carboxylic acids is 1. The molecule has 2 aromatic carbocycles. The van der Waals surface area contributed by atoms with Gasteiger partial charge in [-0.05, 0) is 43.2 Å². The van der Waals surface area contributed by atoms with E-state index in [1.807, 2.05) is 6.07 Å². The highest BCUT2D eigenvalue weighted by molar-refractivity contribution is 8.00. The Bertz CT molecular complexity index is 1000. The third kappa shape index (κ3) is 3.85. The maximum absolute atomic E-state index is 13.1. The molecule has 0 amide bonds. The van der Waals surface area contributed by atoms with Gasteiger partial charge in [0.2, 0.25) is 10.0 Å². The van der Waals surface area contributed by atoms with Gasteiger partial charge in [0.05, 0.1) is 4.90 Å². The molecule has 0 spiro atoms. The second-order valence-corrected chi connectivity index (χ2v) is 10.7. The van der Waals surface area contributed by atoms with E-state index in [0.29, 0.717) is 11.3 Å². The molecule has 28 heavy (non-hydrogen) atoms. The highest BCUT2D eigenvalue weighted by Gasteiger charge is 2.48. The van der Waals surface area contributed by atoms with Crippen LogP contribution in [-0.2, 0) is 14.8 Å². The van der Waals surface area contributed by atoms with Crippen LogP contribution >= 0.6 is 11.8 Å². The summed E-state index contributed by atoms with van der Waals surface area (Å²) in [7, 11) is -3.96. The van der Waals surface area contributed by atoms with Crippen LogP contribution in [0.1, 0.15) is 24.2 Å². The van der Waals surface area contributed by atoms with Crippen LogP contribution in [0.2, 0.25) is 0 Å². The molecule has 1 aliphatic heterocycles. The highest BCUT2D eigenvalue weighted by atomic mass is 32.2. The maximum Gasteiger partial charge on any atom is 0.323 e.